The van der Waals surface area contributed by atoms with Crippen molar-refractivity contribution in [2.75, 3.05) is 0 Å². The third-order valence-corrected chi connectivity index (χ3v) is 12.9. The second-order valence-electron chi connectivity index (χ2n) is 14.0. The van der Waals surface area contributed by atoms with E-state index >= 15 is 0 Å². The Balaban J connectivity index is 1.07. The highest BCUT2D eigenvalue weighted by atomic mass is 32.1. The molecule has 0 aliphatic rings. The molecule has 5 heteroatoms. The first-order chi connectivity index (χ1) is 27.7. The van der Waals surface area contributed by atoms with E-state index in [1.54, 1.807) is 0 Å². The molecule has 0 spiro atoms. The number of hydrogen-bond acceptors (Lipinski definition) is 5. The maximum absolute atomic E-state index is 5.02. The van der Waals surface area contributed by atoms with Gasteiger partial charge in [-0.1, -0.05) is 158 Å². The molecule has 0 aliphatic heterocycles. The Morgan fingerprint density at radius 2 is 0.839 bits per heavy atom. The van der Waals surface area contributed by atoms with E-state index in [1.165, 1.54) is 73.7 Å². The molecule has 3 nitrogen and oxygen atoms in total. The Morgan fingerprint density at radius 3 is 1.54 bits per heavy atom. The highest BCUT2D eigenvalue weighted by Gasteiger charge is 2.18. The van der Waals surface area contributed by atoms with Gasteiger partial charge in [-0.3, -0.25) is 0 Å². The molecule has 0 fully saturated rings. The molecule has 0 unspecified atom stereocenters. The first-order valence-electron chi connectivity index (χ1n) is 18.7. The monoisotopic (exact) mass is 749 g/mol. The fraction of sp³-hybridized carbons (Fsp3) is 0. The fourth-order valence-electron chi connectivity index (χ4n) is 7.81. The van der Waals surface area contributed by atoms with Gasteiger partial charge in [-0.2, -0.15) is 0 Å². The third kappa shape index (κ3) is 5.68. The zero-order chi connectivity index (χ0) is 37.0. The van der Waals surface area contributed by atoms with E-state index in [-0.39, 0.29) is 0 Å². The van der Waals surface area contributed by atoms with Gasteiger partial charge in [0.2, 0.25) is 0 Å². The van der Waals surface area contributed by atoms with Crippen LogP contribution in [0.4, 0.5) is 0 Å². The molecule has 0 saturated heterocycles. The molecule has 8 aromatic carbocycles. The number of fused-ring (bicyclic) bond motifs is 6. The van der Waals surface area contributed by atoms with Crippen LogP contribution in [0.2, 0.25) is 0 Å². The van der Waals surface area contributed by atoms with E-state index in [4.69, 9.17) is 15.0 Å². The number of thiophene rings is 2. The minimum Gasteiger partial charge on any atom is -0.208 e. The summed E-state index contributed by atoms with van der Waals surface area (Å²) in [5, 5.41) is 5.09. The Kier molecular flexibility index (Phi) is 7.87. The number of nitrogens with zero attached hydrogens (tertiary/aromatic N) is 3. The summed E-state index contributed by atoms with van der Waals surface area (Å²) in [6.07, 6.45) is 0. The van der Waals surface area contributed by atoms with Crippen molar-refractivity contribution in [3.8, 4) is 67.5 Å². The van der Waals surface area contributed by atoms with Crippen molar-refractivity contribution in [3.05, 3.63) is 188 Å². The maximum Gasteiger partial charge on any atom is 0.164 e. The summed E-state index contributed by atoms with van der Waals surface area (Å²) in [7, 11) is 0. The molecule has 0 N–H and O–H groups in total. The number of rotatable bonds is 6. The van der Waals surface area contributed by atoms with Crippen molar-refractivity contribution >= 4 is 63.0 Å². The molecule has 262 valence electrons. The van der Waals surface area contributed by atoms with Gasteiger partial charge in [-0.15, -0.1) is 22.7 Å². The van der Waals surface area contributed by atoms with Crippen LogP contribution >= 0.6 is 22.7 Å². The molecule has 11 rings (SSSR count). The molecule has 0 atom stereocenters. The van der Waals surface area contributed by atoms with Gasteiger partial charge in [0.05, 0.1) is 0 Å². The summed E-state index contributed by atoms with van der Waals surface area (Å²) in [6, 6.07) is 66.9. The summed E-state index contributed by atoms with van der Waals surface area (Å²) in [4.78, 5) is 14.9. The van der Waals surface area contributed by atoms with Crippen LogP contribution in [0, 0.1) is 0 Å². The van der Waals surface area contributed by atoms with Crippen LogP contribution in [0.15, 0.2) is 188 Å². The van der Waals surface area contributed by atoms with E-state index < -0.39 is 0 Å². The SMILES string of the molecule is c1ccc(-c2ccc(-c3cc(-c4cccc5sc6cc(-c7nc(-c8ccccc8)nc(-c8ccccc8)n7)ccc6c45)cc4c3sc3ccccc34)cc2)cc1. The van der Waals surface area contributed by atoms with Gasteiger partial charge in [-0.05, 0) is 58.1 Å². The van der Waals surface area contributed by atoms with Crippen LogP contribution in [0.1, 0.15) is 0 Å². The average Bonchev–Trinajstić information content (AvgIpc) is 3.85. The van der Waals surface area contributed by atoms with Crippen LogP contribution in [0.5, 0.6) is 0 Å². The smallest absolute Gasteiger partial charge is 0.164 e. The predicted octanol–water partition coefficient (Wildman–Crippen LogP) is 14.6. The van der Waals surface area contributed by atoms with E-state index in [1.807, 2.05) is 83.3 Å². The molecule has 0 radical (unpaired) electrons. The molecule has 56 heavy (non-hydrogen) atoms. The molecular formula is C51H31N3S2. The quantitative estimate of drug-likeness (QED) is 0.170. The minimum absolute atomic E-state index is 0.662. The Bertz CT molecular complexity index is 3170. The predicted molar refractivity (Wildman–Crippen MR) is 238 cm³/mol. The summed E-state index contributed by atoms with van der Waals surface area (Å²) in [6.45, 7) is 0. The normalized spacial score (nSPS) is 11.6. The lowest BCUT2D eigenvalue weighted by Crippen LogP contribution is -1.99. The van der Waals surface area contributed by atoms with Crippen LogP contribution < -0.4 is 0 Å². The molecule has 0 saturated carbocycles. The van der Waals surface area contributed by atoms with Crippen LogP contribution in [-0.2, 0) is 0 Å². The molecule has 3 heterocycles. The number of hydrogen-bond donors (Lipinski definition) is 0. The Morgan fingerprint density at radius 1 is 0.286 bits per heavy atom. The Hall–Kier alpha value is -6.79. The van der Waals surface area contributed by atoms with Gasteiger partial charge in [0.25, 0.3) is 0 Å². The minimum atomic E-state index is 0.662. The third-order valence-electron chi connectivity index (χ3n) is 10.5. The lowest BCUT2D eigenvalue weighted by molar-refractivity contribution is 1.07. The van der Waals surface area contributed by atoms with Crippen LogP contribution in [-0.4, -0.2) is 15.0 Å². The summed E-state index contributed by atoms with van der Waals surface area (Å²) >= 11 is 3.70. The van der Waals surface area contributed by atoms with E-state index in [0.29, 0.717) is 17.5 Å². The van der Waals surface area contributed by atoms with Gasteiger partial charge in [-0.25, -0.2) is 15.0 Å². The van der Waals surface area contributed by atoms with Crippen LogP contribution in [0.25, 0.3) is 108 Å². The van der Waals surface area contributed by atoms with E-state index in [0.717, 1.165) is 16.7 Å². The van der Waals surface area contributed by atoms with Crippen molar-refractivity contribution in [2.45, 2.75) is 0 Å². The fourth-order valence-corrected chi connectivity index (χ4v) is 10.2. The first-order valence-corrected chi connectivity index (χ1v) is 20.3. The molecule has 11 aromatic rings. The molecule has 3 aromatic heterocycles. The van der Waals surface area contributed by atoms with Gasteiger partial charge in [0.1, 0.15) is 0 Å². The van der Waals surface area contributed by atoms with Crippen molar-refractivity contribution in [1.29, 1.82) is 0 Å². The van der Waals surface area contributed by atoms with Gasteiger partial charge < -0.3 is 0 Å². The topological polar surface area (TPSA) is 38.7 Å². The molecule has 0 aliphatic carbocycles. The summed E-state index contributed by atoms with van der Waals surface area (Å²) in [5.41, 5.74) is 10.3. The van der Waals surface area contributed by atoms with E-state index in [2.05, 4.69) is 127 Å². The lowest BCUT2D eigenvalue weighted by atomic mass is 9.93. The average molecular weight is 750 g/mol. The highest BCUT2D eigenvalue weighted by Crippen LogP contribution is 2.46. The molecular weight excluding hydrogens is 719 g/mol. The van der Waals surface area contributed by atoms with Gasteiger partial charge >= 0.3 is 0 Å². The summed E-state index contributed by atoms with van der Waals surface area (Å²) < 4.78 is 5.07. The highest BCUT2D eigenvalue weighted by molar-refractivity contribution is 7.26. The second-order valence-corrected chi connectivity index (χ2v) is 16.1. The first kappa shape index (κ1) is 32.6. The molecule has 0 bridgehead atoms. The van der Waals surface area contributed by atoms with Crippen molar-refractivity contribution < 1.29 is 0 Å². The largest absolute Gasteiger partial charge is 0.208 e. The molecule has 0 amide bonds. The Labute approximate surface area is 331 Å². The summed E-state index contributed by atoms with van der Waals surface area (Å²) in [5.74, 6) is 1.99. The maximum atomic E-state index is 5.02. The zero-order valence-electron chi connectivity index (χ0n) is 30.1. The lowest BCUT2D eigenvalue weighted by Gasteiger charge is -2.11. The number of aromatic nitrogens is 3. The number of benzene rings is 8. The zero-order valence-corrected chi connectivity index (χ0v) is 31.7. The van der Waals surface area contributed by atoms with Gasteiger partial charge in [0, 0.05) is 62.6 Å². The standard InChI is InChI=1S/C51H31N3S2/c1-4-13-32(14-5-1)33-23-25-34(26-24-33)42-29-38(30-43-40-19-10-11-21-44(40)56-48(42)43)39-20-12-22-45-47(39)41-28-27-37(31-46(41)55-45)51-53-49(35-15-6-2-7-16-35)52-50(54-51)36-17-8-3-9-18-36/h1-31H. The van der Waals surface area contributed by atoms with Crippen molar-refractivity contribution in [3.63, 3.8) is 0 Å². The van der Waals surface area contributed by atoms with Crippen LogP contribution in [0.3, 0.4) is 0 Å². The van der Waals surface area contributed by atoms with E-state index in [9.17, 15) is 0 Å². The second kappa shape index (κ2) is 13.5. The van der Waals surface area contributed by atoms with Gasteiger partial charge in [0.15, 0.2) is 17.5 Å². The van der Waals surface area contributed by atoms with Crippen molar-refractivity contribution in [1.82, 2.24) is 15.0 Å². The van der Waals surface area contributed by atoms with Crippen molar-refractivity contribution in [2.24, 2.45) is 0 Å².